The lowest BCUT2D eigenvalue weighted by molar-refractivity contribution is -0.137. The fourth-order valence-electron chi connectivity index (χ4n) is 2.11. The average Bonchev–Trinajstić information content (AvgIpc) is 2.58. The van der Waals surface area contributed by atoms with Gasteiger partial charge in [-0.1, -0.05) is 74.1 Å². The van der Waals surface area contributed by atoms with E-state index in [0.717, 1.165) is 44.9 Å². The van der Waals surface area contributed by atoms with Crippen molar-refractivity contribution in [3.8, 4) is 0 Å². The van der Waals surface area contributed by atoms with Crippen molar-refractivity contribution in [3.05, 3.63) is 60.8 Å². The van der Waals surface area contributed by atoms with Crippen LogP contribution in [0.3, 0.4) is 0 Å². The number of aliphatic hydroxyl groups is 1. The third-order valence-corrected chi connectivity index (χ3v) is 3.50. The summed E-state index contributed by atoms with van der Waals surface area (Å²) in [5.41, 5.74) is 0. The summed E-state index contributed by atoms with van der Waals surface area (Å²) in [6.07, 6.45) is 27.4. The fourth-order valence-corrected chi connectivity index (χ4v) is 2.11. The number of carboxylic acids is 1. The number of aliphatic hydroxyl groups excluding tert-OH is 1. The summed E-state index contributed by atoms with van der Waals surface area (Å²) in [6.45, 7) is 2.11. The quantitative estimate of drug-likeness (QED) is 0.226. The smallest absolute Gasteiger partial charge is 0.303 e. The first-order chi connectivity index (χ1) is 12.2. The van der Waals surface area contributed by atoms with Crippen LogP contribution in [-0.4, -0.2) is 22.3 Å². The van der Waals surface area contributed by atoms with Gasteiger partial charge in [0, 0.05) is 6.42 Å². The maximum atomic E-state index is 10.4. The van der Waals surface area contributed by atoms with E-state index in [-0.39, 0.29) is 6.42 Å². The number of allylic oxidation sites excluding steroid dienone is 8. The molecule has 0 aromatic rings. The summed E-state index contributed by atoms with van der Waals surface area (Å²) in [5, 5.41) is 18.3. The third-order valence-electron chi connectivity index (χ3n) is 3.50. The number of hydrogen-bond acceptors (Lipinski definition) is 2. The Kier molecular flexibility index (Phi) is 17.1. The lowest BCUT2D eigenvalue weighted by Crippen LogP contribution is -1.98. The van der Waals surface area contributed by atoms with Gasteiger partial charge >= 0.3 is 5.97 Å². The molecule has 0 saturated carbocycles. The van der Waals surface area contributed by atoms with Crippen molar-refractivity contribution in [2.24, 2.45) is 0 Å². The summed E-state index contributed by atoms with van der Waals surface area (Å²) in [5.74, 6) is -0.709. The van der Waals surface area contributed by atoms with Crippen LogP contribution in [-0.2, 0) is 4.79 Å². The van der Waals surface area contributed by atoms with E-state index in [4.69, 9.17) is 5.11 Å². The molecule has 0 spiro atoms. The molecule has 0 aromatic carbocycles. The minimum atomic E-state index is -0.709. The Morgan fingerprint density at radius 1 is 0.880 bits per heavy atom. The van der Waals surface area contributed by atoms with E-state index in [0.29, 0.717) is 6.42 Å². The summed E-state index contributed by atoms with van der Waals surface area (Å²) in [6, 6.07) is 0. The van der Waals surface area contributed by atoms with Crippen LogP contribution in [0.5, 0.6) is 0 Å². The van der Waals surface area contributed by atoms with Gasteiger partial charge in [-0.2, -0.15) is 0 Å². The van der Waals surface area contributed by atoms with Crippen LogP contribution in [0.4, 0.5) is 0 Å². The van der Waals surface area contributed by atoms with Crippen molar-refractivity contribution < 1.29 is 15.0 Å². The Balaban J connectivity index is 3.62. The number of rotatable bonds is 15. The first-order valence-electron chi connectivity index (χ1n) is 9.35. The van der Waals surface area contributed by atoms with Crippen molar-refractivity contribution in [2.45, 2.75) is 70.8 Å². The molecule has 1 unspecified atom stereocenters. The predicted octanol–water partition coefficient (Wildman–Crippen LogP) is 5.74. The minimum Gasteiger partial charge on any atom is -0.481 e. The van der Waals surface area contributed by atoms with Gasteiger partial charge in [0.2, 0.25) is 0 Å². The molecule has 0 aliphatic heterocycles. The molecule has 3 nitrogen and oxygen atoms in total. The zero-order valence-electron chi connectivity index (χ0n) is 15.5. The number of carbonyl (C=O) groups is 1. The van der Waals surface area contributed by atoms with E-state index < -0.39 is 12.1 Å². The Hall–Kier alpha value is -1.87. The zero-order chi connectivity index (χ0) is 18.6. The SMILES string of the molecule is CC/C=C\C/C=C\CC(O)/C=C/C=C\C/C=C\CCCCCC(=O)O. The molecule has 0 aromatic heterocycles. The van der Waals surface area contributed by atoms with Crippen molar-refractivity contribution >= 4 is 5.97 Å². The number of hydrogen-bond donors (Lipinski definition) is 2. The zero-order valence-corrected chi connectivity index (χ0v) is 15.5. The molecular formula is C22H34O3. The second-order valence-electron chi connectivity index (χ2n) is 5.90. The van der Waals surface area contributed by atoms with Gasteiger partial charge < -0.3 is 10.2 Å². The standard InChI is InChI=1S/C22H34O3/c1-2-3-4-5-12-15-18-21(23)19-16-13-10-8-6-7-9-11-14-17-20-22(24)25/h3-4,6-7,10,12-13,15-16,19,21,23H,2,5,8-9,11,14,17-18,20H2,1H3,(H,24,25)/b4-3-,7-6-,13-10-,15-12-,19-16+. The molecule has 0 heterocycles. The highest BCUT2D eigenvalue weighted by atomic mass is 16.4. The van der Waals surface area contributed by atoms with Crippen molar-refractivity contribution in [1.82, 2.24) is 0 Å². The molecule has 0 aliphatic carbocycles. The second kappa shape index (κ2) is 18.5. The highest BCUT2D eigenvalue weighted by molar-refractivity contribution is 5.66. The Bertz CT molecular complexity index is 456. The second-order valence-corrected chi connectivity index (χ2v) is 5.90. The number of carboxylic acid groups (broad SMARTS) is 1. The first-order valence-corrected chi connectivity index (χ1v) is 9.35. The Morgan fingerprint density at radius 3 is 2.36 bits per heavy atom. The van der Waals surface area contributed by atoms with Crippen LogP contribution in [0, 0.1) is 0 Å². The third kappa shape index (κ3) is 20.1. The van der Waals surface area contributed by atoms with Crippen molar-refractivity contribution in [1.29, 1.82) is 0 Å². The van der Waals surface area contributed by atoms with E-state index >= 15 is 0 Å². The van der Waals surface area contributed by atoms with Gasteiger partial charge in [-0.3, -0.25) is 4.79 Å². The van der Waals surface area contributed by atoms with E-state index in [1.165, 1.54) is 0 Å². The molecule has 25 heavy (non-hydrogen) atoms. The summed E-state index contributed by atoms with van der Waals surface area (Å²) >= 11 is 0. The van der Waals surface area contributed by atoms with Crippen LogP contribution in [0.1, 0.15) is 64.7 Å². The first kappa shape index (κ1) is 23.1. The van der Waals surface area contributed by atoms with Crippen LogP contribution >= 0.6 is 0 Å². The van der Waals surface area contributed by atoms with E-state index in [1.54, 1.807) is 6.08 Å². The summed E-state index contributed by atoms with van der Waals surface area (Å²) in [4.78, 5) is 10.4. The molecule has 3 heteroatoms. The molecule has 0 bridgehead atoms. The van der Waals surface area contributed by atoms with Crippen LogP contribution in [0.2, 0.25) is 0 Å². The molecule has 0 radical (unpaired) electrons. The monoisotopic (exact) mass is 346 g/mol. The molecule has 140 valence electrons. The molecule has 0 rings (SSSR count). The highest BCUT2D eigenvalue weighted by Crippen LogP contribution is 2.04. The number of unbranched alkanes of at least 4 members (excludes halogenated alkanes) is 3. The van der Waals surface area contributed by atoms with E-state index in [9.17, 15) is 9.90 Å². The van der Waals surface area contributed by atoms with Crippen LogP contribution in [0.25, 0.3) is 0 Å². The molecule has 0 amide bonds. The number of aliphatic carboxylic acids is 1. The van der Waals surface area contributed by atoms with Gasteiger partial charge in [-0.15, -0.1) is 0 Å². The van der Waals surface area contributed by atoms with Gasteiger partial charge in [0.05, 0.1) is 6.10 Å². The lowest BCUT2D eigenvalue weighted by Gasteiger charge is -1.98. The topological polar surface area (TPSA) is 57.5 Å². The molecule has 0 saturated heterocycles. The van der Waals surface area contributed by atoms with Gasteiger partial charge in [0.15, 0.2) is 0 Å². The molecular weight excluding hydrogens is 312 g/mol. The van der Waals surface area contributed by atoms with Crippen LogP contribution in [0.15, 0.2) is 60.8 Å². The Labute approximate surface area is 153 Å². The largest absolute Gasteiger partial charge is 0.481 e. The van der Waals surface area contributed by atoms with Crippen molar-refractivity contribution in [3.63, 3.8) is 0 Å². The average molecular weight is 347 g/mol. The molecule has 0 fully saturated rings. The van der Waals surface area contributed by atoms with Crippen LogP contribution < -0.4 is 0 Å². The maximum absolute atomic E-state index is 10.4. The van der Waals surface area contributed by atoms with Gasteiger partial charge in [0.25, 0.3) is 0 Å². The normalized spacial score (nSPS) is 14.0. The minimum absolute atomic E-state index is 0.274. The molecule has 0 aliphatic rings. The van der Waals surface area contributed by atoms with E-state index in [1.807, 2.05) is 18.2 Å². The van der Waals surface area contributed by atoms with Crippen molar-refractivity contribution in [2.75, 3.05) is 0 Å². The molecule has 1 atom stereocenters. The van der Waals surface area contributed by atoms with Gasteiger partial charge in [-0.05, 0) is 44.9 Å². The van der Waals surface area contributed by atoms with Gasteiger partial charge in [0.1, 0.15) is 0 Å². The molecule has 2 N–H and O–H groups in total. The maximum Gasteiger partial charge on any atom is 0.303 e. The highest BCUT2D eigenvalue weighted by Gasteiger charge is 1.95. The predicted molar refractivity (Wildman–Crippen MR) is 107 cm³/mol. The Morgan fingerprint density at radius 2 is 1.60 bits per heavy atom. The lowest BCUT2D eigenvalue weighted by atomic mass is 10.1. The van der Waals surface area contributed by atoms with Gasteiger partial charge in [-0.25, -0.2) is 0 Å². The summed E-state index contributed by atoms with van der Waals surface area (Å²) in [7, 11) is 0. The fraction of sp³-hybridized carbons (Fsp3) is 0.500. The summed E-state index contributed by atoms with van der Waals surface area (Å²) < 4.78 is 0. The van der Waals surface area contributed by atoms with E-state index in [2.05, 4.69) is 43.4 Å².